The Morgan fingerprint density at radius 1 is 1.30 bits per heavy atom. The summed E-state index contributed by atoms with van der Waals surface area (Å²) in [4.78, 5) is 14.1. The van der Waals surface area contributed by atoms with Crippen LogP contribution >= 0.6 is 23.2 Å². The van der Waals surface area contributed by atoms with Crippen LogP contribution in [0.2, 0.25) is 10.0 Å². The van der Waals surface area contributed by atoms with Crippen LogP contribution in [0.1, 0.15) is 20.3 Å². The Morgan fingerprint density at radius 3 is 2.60 bits per heavy atom. The Kier molecular flexibility index (Phi) is 5.17. The van der Waals surface area contributed by atoms with Gasteiger partial charge in [-0.05, 0) is 30.4 Å². The Balaban J connectivity index is 1.93. The fraction of sp³-hybridized carbons (Fsp3) is 0.533. The highest BCUT2D eigenvalue weighted by Crippen LogP contribution is 2.28. The van der Waals surface area contributed by atoms with Gasteiger partial charge < -0.3 is 9.64 Å². The normalized spacial score (nSPS) is 22.7. The van der Waals surface area contributed by atoms with Crippen molar-refractivity contribution in [2.45, 2.75) is 20.3 Å². The zero-order valence-electron chi connectivity index (χ0n) is 11.7. The van der Waals surface area contributed by atoms with Gasteiger partial charge in [0.2, 0.25) is 0 Å². The maximum absolute atomic E-state index is 12.2. The third kappa shape index (κ3) is 4.03. The Labute approximate surface area is 129 Å². The van der Waals surface area contributed by atoms with Gasteiger partial charge in [0.1, 0.15) is 5.75 Å². The summed E-state index contributed by atoms with van der Waals surface area (Å²) >= 11 is 11.9. The molecule has 110 valence electrons. The van der Waals surface area contributed by atoms with Gasteiger partial charge in [-0.1, -0.05) is 37.0 Å². The molecule has 3 nitrogen and oxygen atoms in total. The van der Waals surface area contributed by atoms with Crippen LogP contribution in [-0.2, 0) is 4.79 Å². The number of benzene rings is 1. The number of halogens is 2. The average molecular weight is 316 g/mol. The second-order valence-electron chi connectivity index (χ2n) is 5.61. The number of rotatable bonds is 3. The zero-order chi connectivity index (χ0) is 14.7. The van der Waals surface area contributed by atoms with Crippen molar-refractivity contribution >= 4 is 29.1 Å². The molecule has 1 fully saturated rings. The number of amides is 1. The van der Waals surface area contributed by atoms with E-state index < -0.39 is 0 Å². The summed E-state index contributed by atoms with van der Waals surface area (Å²) in [6.07, 6.45) is 1.17. The number of carbonyl (C=O) groups excluding carboxylic acids is 1. The highest BCUT2D eigenvalue weighted by Gasteiger charge is 2.25. The molecular weight excluding hydrogens is 297 g/mol. The highest BCUT2D eigenvalue weighted by molar-refractivity contribution is 6.34. The summed E-state index contributed by atoms with van der Waals surface area (Å²) in [7, 11) is 0. The average Bonchev–Trinajstić information content (AvgIpc) is 2.38. The van der Waals surface area contributed by atoms with Gasteiger partial charge in [-0.15, -0.1) is 0 Å². The van der Waals surface area contributed by atoms with E-state index >= 15 is 0 Å². The Morgan fingerprint density at radius 2 is 1.95 bits per heavy atom. The standard InChI is InChI=1S/C15H19Cl2NO2/c1-10-5-11(2)8-18(7-10)15(19)9-20-14-6-12(16)3-4-13(14)17/h3-4,6,10-11H,5,7-9H2,1-2H3. The van der Waals surface area contributed by atoms with E-state index in [1.54, 1.807) is 18.2 Å². The van der Waals surface area contributed by atoms with E-state index in [1.807, 2.05) is 4.90 Å². The molecule has 1 aliphatic heterocycles. The largest absolute Gasteiger partial charge is 0.482 e. The lowest BCUT2D eigenvalue weighted by atomic mass is 9.92. The maximum Gasteiger partial charge on any atom is 0.260 e. The molecule has 1 aromatic carbocycles. The lowest BCUT2D eigenvalue weighted by Crippen LogP contribution is -2.44. The van der Waals surface area contributed by atoms with Crippen molar-refractivity contribution in [1.29, 1.82) is 0 Å². The predicted molar refractivity (Wildman–Crippen MR) is 81.5 cm³/mol. The summed E-state index contributed by atoms with van der Waals surface area (Å²) in [5.74, 6) is 1.53. The molecule has 0 N–H and O–H groups in total. The van der Waals surface area contributed by atoms with Crippen LogP contribution in [0.25, 0.3) is 0 Å². The number of likely N-dealkylation sites (tertiary alicyclic amines) is 1. The van der Waals surface area contributed by atoms with Gasteiger partial charge in [0.25, 0.3) is 5.91 Å². The minimum absolute atomic E-state index is 0.000494. The molecule has 2 rings (SSSR count). The van der Waals surface area contributed by atoms with Crippen molar-refractivity contribution in [3.05, 3.63) is 28.2 Å². The van der Waals surface area contributed by atoms with Crippen molar-refractivity contribution in [3.8, 4) is 5.75 Å². The van der Waals surface area contributed by atoms with Crippen LogP contribution in [0.3, 0.4) is 0 Å². The molecule has 2 unspecified atom stereocenters. The first-order valence-electron chi connectivity index (χ1n) is 6.81. The molecule has 0 aromatic heterocycles. The summed E-state index contributed by atoms with van der Waals surface area (Å²) < 4.78 is 5.50. The summed E-state index contributed by atoms with van der Waals surface area (Å²) in [6.45, 7) is 5.94. The fourth-order valence-corrected chi connectivity index (χ4v) is 3.02. The van der Waals surface area contributed by atoms with Crippen LogP contribution in [0.5, 0.6) is 5.75 Å². The van der Waals surface area contributed by atoms with Gasteiger partial charge in [0.05, 0.1) is 5.02 Å². The van der Waals surface area contributed by atoms with E-state index in [9.17, 15) is 4.79 Å². The zero-order valence-corrected chi connectivity index (χ0v) is 13.2. The minimum Gasteiger partial charge on any atom is -0.482 e. The molecule has 1 heterocycles. The molecule has 0 saturated carbocycles. The Bertz CT molecular complexity index is 483. The van der Waals surface area contributed by atoms with Crippen LogP contribution in [0.4, 0.5) is 0 Å². The molecule has 2 atom stereocenters. The van der Waals surface area contributed by atoms with Gasteiger partial charge in [-0.25, -0.2) is 0 Å². The van der Waals surface area contributed by atoms with Gasteiger partial charge in [-0.2, -0.15) is 0 Å². The molecule has 5 heteroatoms. The Hall–Kier alpha value is -0.930. The van der Waals surface area contributed by atoms with E-state index in [4.69, 9.17) is 27.9 Å². The lowest BCUT2D eigenvalue weighted by Gasteiger charge is -2.34. The van der Waals surface area contributed by atoms with Crippen LogP contribution in [-0.4, -0.2) is 30.5 Å². The van der Waals surface area contributed by atoms with E-state index in [2.05, 4.69) is 13.8 Å². The highest BCUT2D eigenvalue weighted by atomic mass is 35.5. The molecule has 0 radical (unpaired) electrons. The number of piperidine rings is 1. The maximum atomic E-state index is 12.2. The lowest BCUT2D eigenvalue weighted by molar-refractivity contribution is -0.136. The third-order valence-electron chi connectivity index (χ3n) is 3.47. The molecule has 1 aromatic rings. The minimum atomic E-state index is -0.000517. The number of hydrogen-bond donors (Lipinski definition) is 0. The molecule has 1 saturated heterocycles. The smallest absolute Gasteiger partial charge is 0.260 e. The molecular formula is C15H19Cl2NO2. The van der Waals surface area contributed by atoms with Gasteiger partial charge in [0.15, 0.2) is 6.61 Å². The number of ether oxygens (including phenoxy) is 1. The second-order valence-corrected chi connectivity index (χ2v) is 6.45. The number of nitrogens with zero attached hydrogens (tertiary/aromatic N) is 1. The fourth-order valence-electron chi connectivity index (χ4n) is 2.69. The van der Waals surface area contributed by atoms with Crippen molar-refractivity contribution in [3.63, 3.8) is 0 Å². The third-order valence-corrected chi connectivity index (χ3v) is 4.01. The number of carbonyl (C=O) groups is 1. The quantitative estimate of drug-likeness (QED) is 0.847. The first-order valence-corrected chi connectivity index (χ1v) is 7.57. The first-order chi connectivity index (χ1) is 9.45. The van der Waals surface area contributed by atoms with Gasteiger partial charge >= 0.3 is 0 Å². The predicted octanol–water partition coefficient (Wildman–Crippen LogP) is 3.88. The topological polar surface area (TPSA) is 29.5 Å². The van der Waals surface area contributed by atoms with Crippen LogP contribution in [0, 0.1) is 11.8 Å². The van der Waals surface area contributed by atoms with E-state index in [0.29, 0.717) is 27.6 Å². The summed E-state index contributed by atoms with van der Waals surface area (Å²) in [5.41, 5.74) is 0. The molecule has 20 heavy (non-hydrogen) atoms. The molecule has 0 bridgehead atoms. The van der Waals surface area contributed by atoms with Gasteiger partial charge in [-0.3, -0.25) is 4.79 Å². The van der Waals surface area contributed by atoms with Crippen molar-refractivity contribution in [2.75, 3.05) is 19.7 Å². The molecule has 0 spiro atoms. The summed E-state index contributed by atoms with van der Waals surface area (Å²) in [6, 6.07) is 4.97. The van der Waals surface area contributed by atoms with E-state index in [0.717, 1.165) is 13.1 Å². The van der Waals surface area contributed by atoms with Crippen molar-refractivity contribution in [1.82, 2.24) is 4.90 Å². The van der Waals surface area contributed by atoms with E-state index in [1.165, 1.54) is 6.42 Å². The summed E-state index contributed by atoms with van der Waals surface area (Å²) in [5, 5.41) is 1.000. The van der Waals surface area contributed by atoms with Crippen LogP contribution in [0.15, 0.2) is 18.2 Å². The molecule has 1 amide bonds. The number of hydrogen-bond acceptors (Lipinski definition) is 2. The molecule has 1 aliphatic rings. The SMILES string of the molecule is CC1CC(C)CN(C(=O)COc2cc(Cl)ccc2Cl)C1. The van der Waals surface area contributed by atoms with Crippen LogP contribution < -0.4 is 4.74 Å². The van der Waals surface area contributed by atoms with E-state index in [-0.39, 0.29) is 12.5 Å². The van der Waals surface area contributed by atoms with Crippen molar-refractivity contribution < 1.29 is 9.53 Å². The second kappa shape index (κ2) is 6.68. The first kappa shape index (κ1) is 15.5. The molecule has 0 aliphatic carbocycles. The van der Waals surface area contributed by atoms with Crippen molar-refractivity contribution in [2.24, 2.45) is 11.8 Å². The monoisotopic (exact) mass is 315 g/mol. The van der Waals surface area contributed by atoms with Gasteiger partial charge in [0, 0.05) is 24.2 Å².